The first kappa shape index (κ1) is 13.3. The van der Waals surface area contributed by atoms with Gasteiger partial charge in [-0.25, -0.2) is 8.78 Å². The summed E-state index contributed by atoms with van der Waals surface area (Å²) in [5, 5.41) is 11.7. The molecule has 6 heteroatoms. The van der Waals surface area contributed by atoms with Crippen LogP contribution in [-0.4, -0.2) is 54.6 Å². The fourth-order valence-electron chi connectivity index (χ4n) is 2.03. The van der Waals surface area contributed by atoms with Crippen LogP contribution in [0.2, 0.25) is 0 Å². The summed E-state index contributed by atoms with van der Waals surface area (Å²) in [5.74, 6) is -1.30. The molecule has 2 unspecified atom stereocenters. The molecule has 94 valence electrons. The molecule has 16 heavy (non-hydrogen) atoms. The molecule has 0 aromatic heterocycles. The third-order valence-corrected chi connectivity index (χ3v) is 2.88. The van der Waals surface area contributed by atoms with Crippen LogP contribution in [-0.2, 0) is 4.79 Å². The zero-order valence-corrected chi connectivity index (χ0v) is 9.33. The fourth-order valence-corrected chi connectivity index (χ4v) is 2.03. The van der Waals surface area contributed by atoms with E-state index in [-0.39, 0.29) is 12.6 Å². The molecule has 0 aromatic rings. The van der Waals surface area contributed by atoms with E-state index >= 15 is 0 Å². The number of carboxylic acid groups (broad SMARTS) is 1. The molecular weight excluding hydrogens is 218 g/mol. The van der Waals surface area contributed by atoms with Crippen molar-refractivity contribution in [2.75, 3.05) is 26.2 Å². The maximum absolute atomic E-state index is 12.0. The average Bonchev–Trinajstić information content (AvgIpc) is 2.25. The summed E-state index contributed by atoms with van der Waals surface area (Å²) in [7, 11) is 0. The van der Waals surface area contributed by atoms with Crippen molar-refractivity contribution in [1.82, 2.24) is 10.2 Å². The number of aliphatic carboxylic acids is 1. The van der Waals surface area contributed by atoms with Gasteiger partial charge in [-0.1, -0.05) is 6.92 Å². The summed E-state index contributed by atoms with van der Waals surface area (Å²) < 4.78 is 24.1. The largest absolute Gasteiger partial charge is 0.481 e. The number of hydrogen-bond donors (Lipinski definition) is 2. The molecular formula is C10H18F2N2O2. The van der Waals surface area contributed by atoms with Gasteiger partial charge >= 0.3 is 5.97 Å². The van der Waals surface area contributed by atoms with Gasteiger partial charge in [0.25, 0.3) is 6.43 Å². The molecule has 1 heterocycles. The molecule has 2 N–H and O–H groups in total. The SMILES string of the molecule is CCN1CC(NCC(F)F)CC(C(=O)O)C1. The van der Waals surface area contributed by atoms with E-state index in [4.69, 9.17) is 5.11 Å². The maximum Gasteiger partial charge on any atom is 0.307 e. The molecule has 1 saturated heterocycles. The Kier molecular flexibility index (Phi) is 5.08. The first-order valence-electron chi connectivity index (χ1n) is 5.49. The van der Waals surface area contributed by atoms with Crippen LogP contribution in [0.4, 0.5) is 8.78 Å². The van der Waals surface area contributed by atoms with Gasteiger partial charge in [-0.05, 0) is 13.0 Å². The number of nitrogens with zero attached hydrogens (tertiary/aromatic N) is 1. The molecule has 0 saturated carbocycles. The van der Waals surface area contributed by atoms with E-state index in [9.17, 15) is 13.6 Å². The van der Waals surface area contributed by atoms with E-state index < -0.39 is 18.3 Å². The lowest BCUT2D eigenvalue weighted by atomic mass is 9.94. The first-order valence-corrected chi connectivity index (χ1v) is 5.49. The predicted octanol–water partition coefficient (Wildman–Crippen LogP) is 0.636. The number of halogens is 2. The Bertz CT molecular complexity index is 239. The number of hydrogen-bond acceptors (Lipinski definition) is 3. The van der Waals surface area contributed by atoms with E-state index in [1.807, 2.05) is 11.8 Å². The highest BCUT2D eigenvalue weighted by Crippen LogP contribution is 2.17. The molecule has 1 fully saturated rings. The first-order chi connectivity index (χ1) is 7.52. The molecule has 0 spiro atoms. The summed E-state index contributed by atoms with van der Waals surface area (Å²) in [4.78, 5) is 12.9. The number of piperidine rings is 1. The minimum Gasteiger partial charge on any atom is -0.481 e. The number of carboxylic acids is 1. The summed E-state index contributed by atoms with van der Waals surface area (Å²) in [5.41, 5.74) is 0. The van der Waals surface area contributed by atoms with Crippen LogP contribution in [0.3, 0.4) is 0 Å². The second kappa shape index (κ2) is 6.10. The minimum absolute atomic E-state index is 0.149. The standard InChI is InChI=1S/C10H18F2N2O2/c1-2-14-5-7(10(15)16)3-8(6-14)13-4-9(11)12/h7-9,13H,2-6H2,1H3,(H,15,16). The smallest absolute Gasteiger partial charge is 0.307 e. The summed E-state index contributed by atoms with van der Waals surface area (Å²) in [6, 6.07) is -0.149. The summed E-state index contributed by atoms with van der Waals surface area (Å²) >= 11 is 0. The maximum atomic E-state index is 12.0. The van der Waals surface area contributed by atoms with Crippen molar-refractivity contribution >= 4 is 5.97 Å². The molecule has 4 nitrogen and oxygen atoms in total. The molecule has 2 atom stereocenters. The molecule has 1 aliphatic heterocycles. The van der Waals surface area contributed by atoms with Gasteiger partial charge in [0.05, 0.1) is 12.5 Å². The van der Waals surface area contributed by atoms with Crippen molar-refractivity contribution < 1.29 is 18.7 Å². The van der Waals surface area contributed by atoms with Gasteiger partial charge in [0.15, 0.2) is 0 Å². The van der Waals surface area contributed by atoms with Crippen LogP contribution in [0.25, 0.3) is 0 Å². The number of likely N-dealkylation sites (tertiary alicyclic amines) is 1. The average molecular weight is 236 g/mol. The van der Waals surface area contributed by atoms with E-state index in [0.717, 1.165) is 6.54 Å². The van der Waals surface area contributed by atoms with Crippen LogP contribution in [0, 0.1) is 5.92 Å². The number of carbonyl (C=O) groups is 1. The molecule has 0 bridgehead atoms. The lowest BCUT2D eigenvalue weighted by Crippen LogP contribution is -2.51. The van der Waals surface area contributed by atoms with Gasteiger partial charge in [0.1, 0.15) is 0 Å². The van der Waals surface area contributed by atoms with Gasteiger partial charge in [0.2, 0.25) is 0 Å². The minimum atomic E-state index is -2.39. The van der Waals surface area contributed by atoms with Crippen molar-refractivity contribution in [2.45, 2.75) is 25.8 Å². The Morgan fingerprint density at radius 2 is 2.25 bits per heavy atom. The highest BCUT2D eigenvalue weighted by atomic mass is 19.3. The Morgan fingerprint density at radius 1 is 1.56 bits per heavy atom. The Labute approximate surface area is 93.6 Å². The van der Waals surface area contributed by atoms with Gasteiger partial charge in [0, 0.05) is 19.1 Å². The molecule has 0 aromatic carbocycles. The van der Waals surface area contributed by atoms with Crippen LogP contribution in [0.15, 0.2) is 0 Å². The van der Waals surface area contributed by atoms with Crippen LogP contribution < -0.4 is 5.32 Å². The van der Waals surface area contributed by atoms with Crippen LogP contribution in [0.1, 0.15) is 13.3 Å². The van der Waals surface area contributed by atoms with Gasteiger partial charge < -0.3 is 15.3 Å². The van der Waals surface area contributed by atoms with E-state index in [1.54, 1.807) is 0 Å². The normalized spacial score (nSPS) is 27.2. The third kappa shape index (κ3) is 4.02. The Balaban J connectivity index is 2.47. The molecule has 0 amide bonds. The number of alkyl halides is 2. The monoisotopic (exact) mass is 236 g/mol. The lowest BCUT2D eigenvalue weighted by molar-refractivity contribution is -0.144. The van der Waals surface area contributed by atoms with Crippen molar-refractivity contribution in [2.24, 2.45) is 5.92 Å². The predicted molar refractivity (Wildman–Crippen MR) is 55.7 cm³/mol. The van der Waals surface area contributed by atoms with Gasteiger partial charge in [-0.15, -0.1) is 0 Å². The lowest BCUT2D eigenvalue weighted by Gasteiger charge is -2.35. The fraction of sp³-hybridized carbons (Fsp3) is 0.900. The Morgan fingerprint density at radius 3 is 2.75 bits per heavy atom. The second-order valence-electron chi connectivity index (χ2n) is 4.12. The number of nitrogens with one attached hydrogen (secondary N) is 1. The zero-order valence-electron chi connectivity index (χ0n) is 9.33. The summed E-state index contributed by atoms with van der Waals surface area (Å²) in [6.45, 7) is 3.48. The van der Waals surface area contributed by atoms with E-state index in [2.05, 4.69) is 5.32 Å². The topological polar surface area (TPSA) is 52.6 Å². The van der Waals surface area contributed by atoms with Crippen molar-refractivity contribution in [3.8, 4) is 0 Å². The number of likely N-dealkylation sites (N-methyl/N-ethyl adjacent to an activating group) is 1. The second-order valence-corrected chi connectivity index (χ2v) is 4.12. The van der Waals surface area contributed by atoms with E-state index in [1.165, 1.54) is 0 Å². The van der Waals surface area contributed by atoms with E-state index in [0.29, 0.717) is 19.5 Å². The highest BCUT2D eigenvalue weighted by Gasteiger charge is 2.30. The Hall–Kier alpha value is -0.750. The molecule has 1 aliphatic rings. The number of rotatable bonds is 5. The molecule has 1 rings (SSSR count). The van der Waals surface area contributed by atoms with Crippen LogP contribution in [0.5, 0.6) is 0 Å². The third-order valence-electron chi connectivity index (χ3n) is 2.88. The van der Waals surface area contributed by atoms with Gasteiger partial charge in [-0.3, -0.25) is 4.79 Å². The quantitative estimate of drug-likeness (QED) is 0.735. The zero-order chi connectivity index (χ0) is 12.1. The van der Waals surface area contributed by atoms with Gasteiger partial charge in [-0.2, -0.15) is 0 Å². The highest BCUT2D eigenvalue weighted by molar-refractivity contribution is 5.70. The summed E-state index contributed by atoms with van der Waals surface area (Å²) in [6.07, 6.45) is -1.96. The van der Waals surface area contributed by atoms with Crippen molar-refractivity contribution in [1.29, 1.82) is 0 Å². The molecule has 0 radical (unpaired) electrons. The molecule has 0 aliphatic carbocycles. The van der Waals surface area contributed by atoms with Crippen molar-refractivity contribution in [3.63, 3.8) is 0 Å². The van der Waals surface area contributed by atoms with Crippen molar-refractivity contribution in [3.05, 3.63) is 0 Å². The van der Waals surface area contributed by atoms with Crippen LogP contribution >= 0.6 is 0 Å².